The van der Waals surface area contributed by atoms with Crippen LogP contribution in [0.4, 0.5) is 0 Å². The molecule has 1 aliphatic heterocycles. The molecule has 0 atom stereocenters. The molecule has 1 aromatic heterocycles. The minimum Gasteiger partial charge on any atom is -0.487 e. The van der Waals surface area contributed by atoms with E-state index >= 15 is 0 Å². The van der Waals surface area contributed by atoms with Crippen LogP contribution in [0, 0.1) is 11.8 Å². The van der Waals surface area contributed by atoms with Crippen LogP contribution in [-0.2, 0) is 5.41 Å². The molecule has 0 unspecified atom stereocenters. The van der Waals surface area contributed by atoms with Crippen LogP contribution in [0.25, 0.3) is 0 Å². The maximum atomic E-state index is 6.28. The van der Waals surface area contributed by atoms with Crippen molar-refractivity contribution in [3.8, 4) is 17.6 Å². The molecule has 3 nitrogen and oxygen atoms in total. The van der Waals surface area contributed by atoms with Gasteiger partial charge in [0.15, 0.2) is 0 Å². The van der Waals surface area contributed by atoms with Crippen molar-refractivity contribution in [3.05, 3.63) is 47.5 Å². The Hall–Kier alpha value is -1.99. The normalized spacial score (nSPS) is 17.0. The van der Waals surface area contributed by atoms with Gasteiger partial charge in [0.25, 0.3) is 0 Å². The Balaban J connectivity index is 2.09. The quantitative estimate of drug-likeness (QED) is 0.573. The third-order valence-electron chi connectivity index (χ3n) is 4.27. The maximum absolute atomic E-state index is 6.28. The van der Waals surface area contributed by atoms with Crippen LogP contribution < -0.4 is 4.74 Å². The number of benzene rings is 1. The van der Waals surface area contributed by atoms with Crippen molar-refractivity contribution >= 4 is 11.8 Å². The van der Waals surface area contributed by atoms with Gasteiger partial charge in [-0.2, -0.15) is 0 Å². The molecule has 1 aliphatic rings. The van der Waals surface area contributed by atoms with Crippen LogP contribution in [0.15, 0.2) is 35.7 Å². The van der Waals surface area contributed by atoms with Gasteiger partial charge >= 0.3 is 0 Å². The third-order valence-corrected chi connectivity index (χ3v) is 5.20. The van der Waals surface area contributed by atoms with E-state index < -0.39 is 0 Å². The largest absolute Gasteiger partial charge is 0.487 e. The Morgan fingerprint density at radius 2 is 1.84 bits per heavy atom. The highest BCUT2D eigenvalue weighted by Gasteiger charge is 2.39. The van der Waals surface area contributed by atoms with Gasteiger partial charge in [0.1, 0.15) is 17.7 Å². The van der Waals surface area contributed by atoms with E-state index in [4.69, 9.17) is 4.74 Å². The maximum Gasteiger partial charge on any atom is 0.125 e. The molecule has 2 aromatic rings. The van der Waals surface area contributed by atoms with E-state index in [1.165, 1.54) is 16.8 Å². The van der Waals surface area contributed by atoms with Crippen LogP contribution in [0.3, 0.4) is 0 Å². The minimum absolute atomic E-state index is 0.0543. The Kier molecular flexibility index (Phi) is 4.79. The Morgan fingerprint density at radius 3 is 2.52 bits per heavy atom. The van der Waals surface area contributed by atoms with Crippen molar-refractivity contribution in [3.63, 3.8) is 0 Å². The monoisotopic (exact) mass is 352 g/mol. The first kappa shape index (κ1) is 17.8. The molecule has 0 bridgehead atoms. The molecule has 0 N–H and O–H groups in total. The van der Waals surface area contributed by atoms with Gasteiger partial charge in [-0.1, -0.05) is 32.6 Å². The third kappa shape index (κ3) is 3.99. The van der Waals surface area contributed by atoms with Crippen molar-refractivity contribution in [1.82, 2.24) is 9.97 Å². The zero-order chi connectivity index (χ0) is 18.1. The van der Waals surface area contributed by atoms with E-state index in [9.17, 15) is 0 Å². The highest BCUT2D eigenvalue weighted by atomic mass is 32.2. The molecule has 0 spiro atoms. The second kappa shape index (κ2) is 6.72. The Labute approximate surface area is 154 Å². The number of thioether (sulfide) groups is 1. The first-order valence-electron chi connectivity index (χ1n) is 8.58. The number of aromatic nitrogens is 2. The highest BCUT2D eigenvalue weighted by molar-refractivity contribution is 7.99. The second-order valence-electron chi connectivity index (χ2n) is 7.58. The van der Waals surface area contributed by atoms with Crippen molar-refractivity contribution in [1.29, 1.82) is 0 Å². The minimum atomic E-state index is -0.154. The Bertz CT molecular complexity index is 832. The average Bonchev–Trinajstić information content (AvgIpc) is 2.52. The lowest BCUT2D eigenvalue weighted by atomic mass is 9.73. The van der Waals surface area contributed by atoms with Crippen LogP contribution in [0.1, 0.15) is 57.7 Å². The molecule has 25 heavy (non-hydrogen) atoms. The van der Waals surface area contributed by atoms with Gasteiger partial charge in [-0.3, -0.25) is 0 Å². The molecule has 0 saturated heterocycles. The van der Waals surface area contributed by atoms with E-state index in [1.54, 1.807) is 24.2 Å². The van der Waals surface area contributed by atoms with Crippen molar-refractivity contribution in [2.45, 2.75) is 57.0 Å². The molecule has 4 heteroatoms. The summed E-state index contributed by atoms with van der Waals surface area (Å²) in [6.45, 7) is 11.0. The molecule has 0 saturated carbocycles. The zero-order valence-corrected chi connectivity index (χ0v) is 16.3. The number of ether oxygens (including phenoxy) is 1. The summed E-state index contributed by atoms with van der Waals surface area (Å²) in [5, 5.41) is 0. The number of hydrogen-bond donors (Lipinski definition) is 0. The molecule has 0 fully saturated rings. The van der Waals surface area contributed by atoms with E-state index in [2.05, 4.69) is 68.6 Å². The number of fused-ring (bicyclic) bond motifs is 1. The fourth-order valence-corrected chi connectivity index (χ4v) is 4.31. The summed E-state index contributed by atoms with van der Waals surface area (Å²) < 4.78 is 6.28. The number of rotatable bonds is 2. The summed E-state index contributed by atoms with van der Waals surface area (Å²) in [6.07, 6.45) is 5.97. The van der Waals surface area contributed by atoms with E-state index in [0.717, 1.165) is 29.1 Å². The van der Waals surface area contributed by atoms with Crippen LogP contribution >= 0.6 is 11.8 Å². The molecule has 130 valence electrons. The van der Waals surface area contributed by atoms with Gasteiger partial charge in [0.05, 0.1) is 5.56 Å². The molecule has 3 rings (SSSR count). The molecule has 0 amide bonds. The molecule has 2 heterocycles. The first-order chi connectivity index (χ1) is 11.8. The molecular weight excluding hydrogens is 328 g/mol. The van der Waals surface area contributed by atoms with Crippen LogP contribution in [0.2, 0.25) is 0 Å². The van der Waals surface area contributed by atoms with Gasteiger partial charge in [0, 0.05) is 28.4 Å². The highest BCUT2D eigenvalue weighted by Crippen LogP contribution is 2.46. The first-order valence-corrected chi connectivity index (χ1v) is 9.57. The van der Waals surface area contributed by atoms with Gasteiger partial charge in [0.2, 0.25) is 0 Å². The molecule has 0 radical (unpaired) electrons. The lowest BCUT2D eigenvalue weighted by molar-refractivity contribution is 0.0531. The summed E-state index contributed by atoms with van der Waals surface area (Å²) in [4.78, 5) is 9.22. The van der Waals surface area contributed by atoms with Crippen LogP contribution in [-0.4, -0.2) is 21.3 Å². The van der Waals surface area contributed by atoms with Crippen LogP contribution in [0.5, 0.6) is 5.75 Å². The van der Waals surface area contributed by atoms with Gasteiger partial charge < -0.3 is 4.74 Å². The summed E-state index contributed by atoms with van der Waals surface area (Å²) in [6, 6.07) is 4.37. The van der Waals surface area contributed by atoms with Gasteiger partial charge in [-0.15, -0.1) is 11.8 Å². The van der Waals surface area contributed by atoms with E-state index in [-0.39, 0.29) is 11.0 Å². The topological polar surface area (TPSA) is 35.0 Å². The second-order valence-corrected chi connectivity index (χ2v) is 8.88. The lowest BCUT2D eigenvalue weighted by Gasteiger charge is -2.42. The van der Waals surface area contributed by atoms with E-state index in [1.807, 2.05) is 0 Å². The molecule has 1 aromatic carbocycles. The fraction of sp³-hybridized carbons (Fsp3) is 0.429. The fourth-order valence-electron chi connectivity index (χ4n) is 3.54. The van der Waals surface area contributed by atoms with Crippen molar-refractivity contribution in [2.24, 2.45) is 0 Å². The Morgan fingerprint density at radius 1 is 1.12 bits per heavy atom. The predicted molar refractivity (Wildman–Crippen MR) is 103 cm³/mol. The van der Waals surface area contributed by atoms with Gasteiger partial charge in [-0.05, 0) is 43.6 Å². The molecule has 0 aliphatic carbocycles. The van der Waals surface area contributed by atoms with E-state index in [0.29, 0.717) is 0 Å². The number of nitrogens with zero attached hydrogens (tertiary/aromatic N) is 2. The van der Waals surface area contributed by atoms with Crippen molar-refractivity contribution in [2.75, 3.05) is 5.75 Å². The average molecular weight is 353 g/mol. The predicted octanol–water partition coefficient (Wildman–Crippen LogP) is 4.83. The zero-order valence-electron chi connectivity index (χ0n) is 15.5. The SMILES string of the molecule is CCSc1cc2c(cc1C#Cc1cncnc1)C(C)(C)CC(C)(C)O2. The summed E-state index contributed by atoms with van der Waals surface area (Å²) >= 11 is 1.80. The smallest absolute Gasteiger partial charge is 0.125 e. The summed E-state index contributed by atoms with van der Waals surface area (Å²) in [5.74, 6) is 8.48. The van der Waals surface area contributed by atoms with Gasteiger partial charge in [-0.25, -0.2) is 9.97 Å². The molecular formula is C21H24N2OS. The summed E-state index contributed by atoms with van der Waals surface area (Å²) in [5.41, 5.74) is 3.01. The van der Waals surface area contributed by atoms with Crippen molar-refractivity contribution < 1.29 is 4.74 Å². The summed E-state index contributed by atoms with van der Waals surface area (Å²) in [7, 11) is 0. The lowest BCUT2D eigenvalue weighted by Crippen LogP contribution is -2.41. The standard InChI is InChI=1S/C21H24N2OS/c1-6-25-19-10-18-17(20(2,3)13-21(4,5)24-18)9-16(19)8-7-15-11-22-14-23-12-15/h9-12,14H,6,13H2,1-5H3. The number of hydrogen-bond acceptors (Lipinski definition) is 4.